The second-order valence-electron chi connectivity index (χ2n) is 6.50. The van der Waals surface area contributed by atoms with Crippen molar-refractivity contribution >= 4 is 40.2 Å². The van der Waals surface area contributed by atoms with Crippen molar-refractivity contribution in [2.45, 2.75) is 30.2 Å². The van der Waals surface area contributed by atoms with Gasteiger partial charge in [-0.1, -0.05) is 29.4 Å². The number of aromatic nitrogens is 3. The Kier molecular flexibility index (Phi) is 5.10. The van der Waals surface area contributed by atoms with E-state index in [1.807, 2.05) is 26.1 Å². The third-order valence-electron chi connectivity index (χ3n) is 4.70. The zero-order valence-corrected chi connectivity index (χ0v) is 17.3. The molecule has 2 heterocycles. The minimum atomic E-state index is -0.989. The fraction of sp³-hybridized carbons (Fsp3) is 0.143. The predicted molar refractivity (Wildman–Crippen MR) is 112 cm³/mol. The molecule has 0 fully saturated rings. The number of rotatable bonds is 5. The fourth-order valence-corrected chi connectivity index (χ4v) is 4.54. The molecular formula is C21H17ClFN3O2S. The molecule has 1 N–H and O–H groups in total. The van der Waals surface area contributed by atoms with E-state index < -0.39 is 11.8 Å². The number of benzene rings is 2. The number of hydrogen-bond donors (Lipinski definition) is 1. The highest BCUT2D eigenvalue weighted by molar-refractivity contribution is 7.99. The Bertz CT molecular complexity index is 1250. The molecule has 0 aliphatic rings. The summed E-state index contributed by atoms with van der Waals surface area (Å²) in [7, 11) is 0. The summed E-state index contributed by atoms with van der Waals surface area (Å²) >= 11 is 7.47. The van der Waals surface area contributed by atoms with Crippen molar-refractivity contribution in [2.75, 3.05) is 0 Å². The fourth-order valence-electron chi connectivity index (χ4n) is 3.31. The summed E-state index contributed by atoms with van der Waals surface area (Å²) in [5.74, 6) is -1.49. The van der Waals surface area contributed by atoms with Gasteiger partial charge >= 0.3 is 5.97 Å². The van der Waals surface area contributed by atoms with Crippen LogP contribution in [0, 0.1) is 12.7 Å². The van der Waals surface area contributed by atoms with Crippen LogP contribution in [0.25, 0.3) is 16.6 Å². The molecule has 2 aromatic carbocycles. The number of fused-ring (bicyclic) bond motifs is 1. The highest BCUT2D eigenvalue weighted by Gasteiger charge is 2.22. The molecule has 8 heteroatoms. The van der Waals surface area contributed by atoms with Gasteiger partial charge in [-0.05, 0) is 44.2 Å². The smallest absolute Gasteiger partial charge is 0.335 e. The molecule has 29 heavy (non-hydrogen) atoms. The van der Waals surface area contributed by atoms with Crippen molar-refractivity contribution in [1.82, 2.24) is 14.3 Å². The first-order valence-corrected chi connectivity index (χ1v) is 10.1. The summed E-state index contributed by atoms with van der Waals surface area (Å²) in [5, 5.41) is 14.3. The van der Waals surface area contributed by atoms with Crippen molar-refractivity contribution in [3.05, 3.63) is 70.9 Å². The summed E-state index contributed by atoms with van der Waals surface area (Å²) < 4.78 is 18.6. The molecule has 0 atom stereocenters. The third kappa shape index (κ3) is 3.41. The normalized spacial score (nSPS) is 11.3. The van der Waals surface area contributed by atoms with Crippen LogP contribution in [0.2, 0.25) is 5.02 Å². The first-order valence-electron chi connectivity index (χ1n) is 8.93. The number of nitrogens with zero attached hydrogens (tertiary/aromatic N) is 3. The highest BCUT2D eigenvalue weighted by atomic mass is 35.5. The molecule has 2 aromatic heterocycles. The van der Waals surface area contributed by atoms with Crippen molar-refractivity contribution in [2.24, 2.45) is 0 Å². The first-order chi connectivity index (χ1) is 13.9. The molecule has 0 saturated carbocycles. The number of halogens is 2. The topological polar surface area (TPSA) is 60.0 Å². The van der Waals surface area contributed by atoms with Gasteiger partial charge in [-0.25, -0.2) is 9.18 Å². The predicted octanol–water partition coefficient (Wildman–Crippen LogP) is 5.80. The van der Waals surface area contributed by atoms with E-state index in [0.717, 1.165) is 21.2 Å². The second-order valence-corrected chi connectivity index (χ2v) is 7.99. The van der Waals surface area contributed by atoms with Crippen molar-refractivity contribution < 1.29 is 14.3 Å². The van der Waals surface area contributed by atoms with Gasteiger partial charge in [0.25, 0.3) is 0 Å². The van der Waals surface area contributed by atoms with Crippen LogP contribution in [-0.4, -0.2) is 25.4 Å². The van der Waals surface area contributed by atoms with Crippen molar-refractivity contribution in [3.63, 3.8) is 0 Å². The van der Waals surface area contributed by atoms with E-state index in [1.165, 1.54) is 17.8 Å². The van der Waals surface area contributed by atoms with Crippen molar-refractivity contribution in [1.29, 1.82) is 0 Å². The highest BCUT2D eigenvalue weighted by Crippen LogP contribution is 2.41. The molecule has 0 saturated heterocycles. The third-order valence-corrected chi connectivity index (χ3v) is 6.20. The van der Waals surface area contributed by atoms with Gasteiger partial charge < -0.3 is 9.67 Å². The zero-order chi connectivity index (χ0) is 20.7. The number of hydrogen-bond acceptors (Lipinski definition) is 3. The molecule has 4 rings (SSSR count). The Morgan fingerprint density at radius 1 is 1.31 bits per heavy atom. The number of aryl methyl sites for hydroxylation is 1. The molecule has 148 valence electrons. The van der Waals surface area contributed by atoms with Gasteiger partial charge in [0.1, 0.15) is 0 Å². The minimum Gasteiger partial charge on any atom is -0.478 e. The van der Waals surface area contributed by atoms with Crippen LogP contribution in [-0.2, 0) is 6.54 Å². The lowest BCUT2D eigenvalue weighted by Gasteiger charge is -2.07. The number of aromatic carboxylic acids is 1. The van der Waals surface area contributed by atoms with E-state index in [2.05, 4.69) is 5.10 Å². The van der Waals surface area contributed by atoms with E-state index in [9.17, 15) is 9.90 Å². The van der Waals surface area contributed by atoms with Gasteiger partial charge in [0.2, 0.25) is 0 Å². The molecular weight excluding hydrogens is 413 g/mol. The van der Waals surface area contributed by atoms with E-state index in [-0.39, 0.29) is 10.6 Å². The minimum absolute atomic E-state index is 0.0450. The Labute approximate surface area is 175 Å². The lowest BCUT2D eigenvalue weighted by atomic mass is 10.2. The van der Waals surface area contributed by atoms with Gasteiger partial charge in [0, 0.05) is 33.6 Å². The molecule has 4 aromatic rings. The maximum atomic E-state index is 15.1. The van der Waals surface area contributed by atoms with Crippen molar-refractivity contribution in [3.8, 4) is 5.69 Å². The molecule has 0 amide bonds. The average Bonchev–Trinajstić information content (AvgIpc) is 3.28. The SMILES string of the molecule is CCn1cc(-n2c(C)c(Sc3cccc(C(=O)O)c3)c3ccc(Cl)c(F)c32)cn1. The molecule has 0 bridgehead atoms. The quantitative estimate of drug-likeness (QED) is 0.435. The van der Waals surface area contributed by atoms with Crippen LogP contribution in [0.3, 0.4) is 0 Å². The second kappa shape index (κ2) is 7.57. The largest absolute Gasteiger partial charge is 0.478 e. The average molecular weight is 430 g/mol. The molecule has 5 nitrogen and oxygen atoms in total. The Balaban J connectivity index is 1.93. The summed E-state index contributed by atoms with van der Waals surface area (Å²) in [4.78, 5) is 12.9. The first kappa shape index (κ1) is 19.5. The van der Waals surface area contributed by atoms with E-state index in [0.29, 0.717) is 17.4 Å². The lowest BCUT2D eigenvalue weighted by molar-refractivity contribution is 0.0696. The van der Waals surface area contributed by atoms with Crippen LogP contribution >= 0.6 is 23.4 Å². The van der Waals surface area contributed by atoms with Crippen LogP contribution in [0.5, 0.6) is 0 Å². The molecule has 0 aliphatic carbocycles. The number of carbonyl (C=O) groups is 1. The van der Waals surface area contributed by atoms with E-state index >= 15 is 4.39 Å². The van der Waals surface area contributed by atoms with Crippen LogP contribution in [0.15, 0.2) is 58.6 Å². The molecule has 0 spiro atoms. The maximum absolute atomic E-state index is 15.1. The van der Waals surface area contributed by atoms with Gasteiger partial charge in [-0.2, -0.15) is 5.10 Å². The maximum Gasteiger partial charge on any atom is 0.335 e. The van der Waals surface area contributed by atoms with E-state index in [1.54, 1.807) is 39.7 Å². The Hall–Kier alpha value is -2.77. The van der Waals surface area contributed by atoms with Gasteiger partial charge in [-0.15, -0.1) is 0 Å². The number of carboxylic acids is 1. The van der Waals surface area contributed by atoms with Gasteiger partial charge in [0.15, 0.2) is 5.82 Å². The molecule has 0 aliphatic heterocycles. The summed E-state index contributed by atoms with van der Waals surface area (Å²) in [6.07, 6.45) is 3.54. The van der Waals surface area contributed by atoms with Gasteiger partial charge in [-0.3, -0.25) is 4.68 Å². The molecule has 0 unspecified atom stereocenters. The molecule has 0 radical (unpaired) electrons. The summed E-state index contributed by atoms with van der Waals surface area (Å²) in [5.41, 5.74) is 2.14. The Morgan fingerprint density at radius 2 is 2.10 bits per heavy atom. The number of carboxylic acid groups (broad SMARTS) is 1. The van der Waals surface area contributed by atoms with Gasteiger partial charge in [0.05, 0.1) is 28.0 Å². The standard InChI is InChI=1S/C21H17ClFN3O2S/c1-3-25-11-14(10-24-25)26-12(2)20(16-7-8-17(22)18(23)19(16)26)29-15-6-4-5-13(9-15)21(27)28/h4-11H,3H2,1-2H3,(H,27,28). The summed E-state index contributed by atoms with van der Waals surface area (Å²) in [6, 6.07) is 10.0. The van der Waals surface area contributed by atoms with Crippen LogP contribution in [0.4, 0.5) is 4.39 Å². The summed E-state index contributed by atoms with van der Waals surface area (Å²) in [6.45, 7) is 4.58. The zero-order valence-electron chi connectivity index (χ0n) is 15.7. The lowest BCUT2D eigenvalue weighted by Crippen LogP contribution is -1.98. The van der Waals surface area contributed by atoms with Crippen LogP contribution < -0.4 is 0 Å². The monoisotopic (exact) mass is 429 g/mol. The Morgan fingerprint density at radius 3 is 2.79 bits per heavy atom. The van der Waals surface area contributed by atoms with Crippen LogP contribution in [0.1, 0.15) is 23.0 Å². The van der Waals surface area contributed by atoms with E-state index in [4.69, 9.17) is 11.6 Å².